The van der Waals surface area contributed by atoms with Gasteiger partial charge in [-0.15, -0.1) is 0 Å². The van der Waals surface area contributed by atoms with Crippen molar-refractivity contribution in [1.82, 2.24) is 19.7 Å². The van der Waals surface area contributed by atoms with Gasteiger partial charge in [0.25, 0.3) is 0 Å². The summed E-state index contributed by atoms with van der Waals surface area (Å²) < 4.78 is 3.25. The molecule has 5 nitrogen and oxygen atoms in total. The van der Waals surface area contributed by atoms with Crippen LogP contribution in [0.3, 0.4) is 0 Å². The Morgan fingerprint density at radius 1 is 1.46 bits per heavy atom. The fourth-order valence-electron chi connectivity index (χ4n) is 2.02. The van der Waals surface area contributed by atoms with E-state index in [4.69, 9.17) is 11.6 Å². The highest BCUT2D eigenvalue weighted by Crippen LogP contribution is 2.23. The van der Waals surface area contributed by atoms with E-state index in [0.29, 0.717) is 12.2 Å². The third-order valence-electron chi connectivity index (χ3n) is 3.12. The van der Waals surface area contributed by atoms with Crippen LogP contribution in [0.4, 0.5) is 0 Å². The van der Waals surface area contributed by atoms with Gasteiger partial charge in [0.15, 0.2) is 0 Å². The van der Waals surface area contributed by atoms with Crippen molar-refractivity contribution in [2.75, 3.05) is 12.8 Å². The zero-order valence-corrected chi connectivity index (χ0v) is 14.9. The lowest BCUT2D eigenvalue weighted by atomic mass is 10.2. The van der Waals surface area contributed by atoms with E-state index in [1.54, 1.807) is 24.6 Å². The molecule has 0 atom stereocenters. The summed E-state index contributed by atoms with van der Waals surface area (Å²) in [6.45, 7) is 7.97. The number of hydrogen-bond donors (Lipinski definition) is 2. The maximum atomic E-state index is 5.82. The van der Waals surface area contributed by atoms with Crippen LogP contribution >= 0.6 is 23.5 Å². The van der Waals surface area contributed by atoms with Gasteiger partial charge in [-0.1, -0.05) is 43.3 Å². The number of hydrogen-bond acceptors (Lipinski definition) is 5. The minimum absolute atomic E-state index is 0.215. The van der Waals surface area contributed by atoms with Crippen molar-refractivity contribution in [3.63, 3.8) is 0 Å². The van der Waals surface area contributed by atoms with Gasteiger partial charge in [0.1, 0.15) is 5.65 Å². The summed E-state index contributed by atoms with van der Waals surface area (Å²) in [7, 11) is 0. The van der Waals surface area contributed by atoms with Crippen molar-refractivity contribution in [2.24, 2.45) is 4.99 Å². The minimum atomic E-state index is 0.215. The summed E-state index contributed by atoms with van der Waals surface area (Å²) in [6.07, 6.45) is 14.6. The van der Waals surface area contributed by atoms with Crippen molar-refractivity contribution in [2.45, 2.75) is 0 Å². The number of halogens is 1. The van der Waals surface area contributed by atoms with E-state index in [1.807, 2.05) is 24.6 Å². The molecule has 24 heavy (non-hydrogen) atoms. The molecule has 0 bridgehead atoms. The first kappa shape index (κ1) is 18.0. The molecule has 0 aliphatic carbocycles. The molecule has 2 heterocycles. The number of aromatic nitrogens is 3. The third-order valence-corrected chi connectivity index (χ3v) is 3.73. The Bertz CT molecular complexity index is 819. The van der Waals surface area contributed by atoms with E-state index in [9.17, 15) is 0 Å². The predicted octanol–water partition coefficient (Wildman–Crippen LogP) is 4.19. The van der Waals surface area contributed by atoms with Gasteiger partial charge in [0.2, 0.25) is 5.28 Å². The van der Waals surface area contributed by atoms with Crippen molar-refractivity contribution >= 4 is 46.5 Å². The SMILES string of the molecule is C=C/C=C(\C=C)CN=C/C=C(\NSC)c1c[nH]c2nc(Cl)ncc12. The molecule has 0 spiro atoms. The molecule has 0 aromatic carbocycles. The number of rotatable bonds is 8. The van der Waals surface area contributed by atoms with Crippen LogP contribution in [0.25, 0.3) is 16.7 Å². The van der Waals surface area contributed by atoms with Crippen LogP contribution in [-0.4, -0.2) is 34.0 Å². The van der Waals surface area contributed by atoms with E-state index in [2.05, 4.69) is 37.8 Å². The molecule has 0 unspecified atom stereocenters. The smallest absolute Gasteiger partial charge is 0.224 e. The minimum Gasteiger partial charge on any atom is -0.345 e. The first-order valence-corrected chi connectivity index (χ1v) is 8.73. The molecule has 7 heteroatoms. The summed E-state index contributed by atoms with van der Waals surface area (Å²) >= 11 is 7.32. The Morgan fingerprint density at radius 2 is 2.29 bits per heavy atom. The van der Waals surface area contributed by atoms with Gasteiger partial charge in [-0.25, -0.2) is 4.98 Å². The van der Waals surface area contributed by atoms with Gasteiger partial charge >= 0.3 is 0 Å². The van der Waals surface area contributed by atoms with Crippen LogP contribution in [0, 0.1) is 0 Å². The van der Waals surface area contributed by atoms with Crippen molar-refractivity contribution in [3.8, 4) is 0 Å². The Hall–Kier alpha value is -2.31. The molecular weight excluding hydrogens is 342 g/mol. The topological polar surface area (TPSA) is 66.0 Å². The lowest BCUT2D eigenvalue weighted by molar-refractivity contribution is 1.19. The number of allylic oxidation sites excluding steroid dienone is 3. The van der Waals surface area contributed by atoms with Crippen LogP contribution in [0.2, 0.25) is 5.28 Å². The summed E-state index contributed by atoms with van der Waals surface area (Å²) in [4.78, 5) is 15.7. The standard InChI is InChI=1S/C17H18ClN5S/c1-4-6-12(5-2)9-19-8-7-15(23-24-3)13-10-20-16-14(13)11-21-17(18)22-16/h4-8,10-11,23H,1-2,9H2,3H3,(H,20,21,22)/b12-6+,15-7-,19-8?. The van der Waals surface area contributed by atoms with E-state index in [0.717, 1.165) is 22.2 Å². The third kappa shape index (κ3) is 4.59. The molecule has 124 valence electrons. The molecule has 0 fully saturated rings. The van der Waals surface area contributed by atoms with E-state index < -0.39 is 0 Å². The normalized spacial score (nSPS) is 12.8. The molecule has 0 aliphatic rings. The quantitative estimate of drug-likeness (QED) is 0.321. The zero-order valence-electron chi connectivity index (χ0n) is 13.3. The van der Waals surface area contributed by atoms with E-state index in [1.165, 1.54) is 11.9 Å². The van der Waals surface area contributed by atoms with Crippen LogP contribution in [0.15, 0.2) is 60.4 Å². The Balaban J connectivity index is 2.26. The Kier molecular flexibility index (Phi) is 6.84. The van der Waals surface area contributed by atoms with Gasteiger partial charge in [-0.05, 0) is 23.3 Å². The summed E-state index contributed by atoms with van der Waals surface area (Å²) in [5, 5.41) is 1.10. The second-order valence-corrected chi connectivity index (χ2v) is 5.61. The molecular formula is C17H18ClN5S. The Labute approximate surface area is 150 Å². The highest BCUT2D eigenvalue weighted by Gasteiger charge is 2.10. The lowest BCUT2D eigenvalue weighted by Gasteiger charge is -2.06. The maximum Gasteiger partial charge on any atom is 0.224 e. The number of aliphatic imine (C=N–C) groups is 1. The molecule has 0 amide bonds. The molecule has 2 aromatic heterocycles. The van der Waals surface area contributed by atoms with Crippen molar-refractivity contribution in [1.29, 1.82) is 0 Å². The van der Waals surface area contributed by atoms with Crippen LogP contribution in [-0.2, 0) is 0 Å². The first-order chi connectivity index (χ1) is 11.7. The lowest BCUT2D eigenvalue weighted by Crippen LogP contribution is -2.01. The number of nitrogens with zero attached hydrogens (tertiary/aromatic N) is 3. The van der Waals surface area contributed by atoms with Gasteiger partial charge in [0, 0.05) is 35.8 Å². The maximum absolute atomic E-state index is 5.82. The second-order valence-electron chi connectivity index (χ2n) is 4.66. The van der Waals surface area contributed by atoms with Gasteiger partial charge in [-0.3, -0.25) is 4.99 Å². The number of H-pyrrole nitrogens is 1. The highest BCUT2D eigenvalue weighted by atomic mass is 35.5. The molecule has 0 saturated carbocycles. The van der Waals surface area contributed by atoms with Crippen molar-refractivity contribution < 1.29 is 0 Å². The van der Waals surface area contributed by atoms with E-state index in [-0.39, 0.29) is 5.28 Å². The number of nitrogens with one attached hydrogen (secondary N) is 2. The second kappa shape index (κ2) is 9.10. The largest absolute Gasteiger partial charge is 0.345 e. The molecule has 2 N–H and O–H groups in total. The monoisotopic (exact) mass is 359 g/mol. The Morgan fingerprint density at radius 3 is 3.00 bits per heavy atom. The number of fused-ring (bicyclic) bond motifs is 1. The average Bonchev–Trinajstić information content (AvgIpc) is 2.99. The average molecular weight is 360 g/mol. The van der Waals surface area contributed by atoms with Gasteiger partial charge < -0.3 is 9.71 Å². The molecule has 2 rings (SSSR count). The zero-order chi connectivity index (χ0) is 17.4. The van der Waals surface area contributed by atoms with Gasteiger partial charge in [0.05, 0.1) is 12.2 Å². The van der Waals surface area contributed by atoms with Crippen LogP contribution < -0.4 is 4.72 Å². The van der Waals surface area contributed by atoms with E-state index >= 15 is 0 Å². The highest BCUT2D eigenvalue weighted by molar-refractivity contribution is 7.97. The molecule has 2 aromatic rings. The summed E-state index contributed by atoms with van der Waals surface area (Å²) in [6, 6.07) is 0. The fraction of sp³-hybridized carbons (Fsp3) is 0.118. The molecule has 0 aliphatic heterocycles. The molecule has 0 radical (unpaired) electrons. The number of aromatic amines is 1. The fourth-order valence-corrected chi connectivity index (χ4v) is 2.55. The van der Waals surface area contributed by atoms with Crippen LogP contribution in [0.1, 0.15) is 5.56 Å². The van der Waals surface area contributed by atoms with Gasteiger partial charge in [-0.2, -0.15) is 4.98 Å². The summed E-state index contributed by atoms with van der Waals surface area (Å²) in [5.41, 5.74) is 3.55. The summed E-state index contributed by atoms with van der Waals surface area (Å²) in [5.74, 6) is 0. The first-order valence-electron chi connectivity index (χ1n) is 7.12. The van der Waals surface area contributed by atoms with Crippen molar-refractivity contribution in [3.05, 3.63) is 66.3 Å². The predicted molar refractivity (Wildman–Crippen MR) is 105 cm³/mol. The molecule has 0 saturated heterocycles. The van der Waals surface area contributed by atoms with Crippen LogP contribution in [0.5, 0.6) is 0 Å².